The van der Waals surface area contributed by atoms with Crippen molar-refractivity contribution in [3.8, 4) is 0 Å². The molecule has 76 heavy (non-hydrogen) atoms. The van der Waals surface area contributed by atoms with Gasteiger partial charge in [-0.3, -0.25) is 19.2 Å². The lowest BCUT2D eigenvalue weighted by atomic mass is 9.91. The van der Waals surface area contributed by atoms with Crippen LogP contribution in [0.1, 0.15) is 336 Å². The predicted molar refractivity (Wildman–Crippen MR) is 310 cm³/mol. The van der Waals surface area contributed by atoms with E-state index in [1.165, 1.54) is 173 Å². The van der Waals surface area contributed by atoms with Crippen molar-refractivity contribution in [3.05, 3.63) is 0 Å². The fraction of sp³-hybridized carbons (Fsp3) is 0.939. The van der Waals surface area contributed by atoms with Gasteiger partial charge >= 0.3 is 23.9 Å². The Balaban J connectivity index is 1.83. The van der Waals surface area contributed by atoms with E-state index in [2.05, 4.69) is 27.7 Å². The fourth-order valence-corrected chi connectivity index (χ4v) is 12.2. The molecule has 0 spiro atoms. The topological polar surface area (TPSA) is 124 Å². The highest BCUT2D eigenvalue weighted by Crippen LogP contribution is 2.40. The van der Waals surface area contributed by atoms with E-state index >= 15 is 0 Å². The average Bonchev–Trinajstić information content (AvgIpc) is 4.12. The van der Waals surface area contributed by atoms with Crippen LogP contribution in [0.3, 0.4) is 0 Å². The van der Waals surface area contributed by atoms with E-state index < -0.39 is 48.6 Å². The minimum absolute atomic E-state index is 0.194. The van der Waals surface area contributed by atoms with Gasteiger partial charge in [-0.15, -0.1) is 0 Å². The Morgan fingerprint density at radius 1 is 0.355 bits per heavy atom. The molecule has 3 rings (SSSR count). The highest BCUT2D eigenvalue weighted by Gasteiger charge is 2.53. The molecule has 0 bridgehead atoms. The maximum Gasteiger partial charge on any atom is 0.306 e. The van der Waals surface area contributed by atoms with E-state index in [9.17, 15) is 19.2 Å². The van der Waals surface area contributed by atoms with E-state index in [0.717, 1.165) is 95.8 Å². The number of hydrogen-bond acceptors (Lipinski definition) is 10. The second kappa shape index (κ2) is 46.5. The average molecular weight is 1070 g/mol. The molecule has 0 aromatic heterocycles. The number of esters is 4. The fourth-order valence-electron chi connectivity index (χ4n) is 12.2. The Morgan fingerprint density at radius 2 is 0.697 bits per heavy atom. The molecule has 0 aromatic carbocycles. The summed E-state index contributed by atoms with van der Waals surface area (Å²) < 4.78 is 38.8. The lowest BCUT2D eigenvalue weighted by Gasteiger charge is -2.44. The second-order valence-electron chi connectivity index (χ2n) is 24.2. The van der Waals surface area contributed by atoms with Crippen LogP contribution in [-0.4, -0.2) is 67.8 Å². The molecule has 10 nitrogen and oxygen atoms in total. The van der Waals surface area contributed by atoms with Crippen LogP contribution in [0.2, 0.25) is 0 Å². The van der Waals surface area contributed by atoms with Gasteiger partial charge in [0.2, 0.25) is 0 Å². The number of rotatable bonds is 50. The van der Waals surface area contributed by atoms with Crippen molar-refractivity contribution < 1.29 is 47.6 Å². The van der Waals surface area contributed by atoms with E-state index in [1.54, 1.807) is 0 Å². The van der Waals surface area contributed by atoms with Crippen molar-refractivity contribution in [2.45, 2.75) is 367 Å². The van der Waals surface area contributed by atoms with Gasteiger partial charge < -0.3 is 28.4 Å². The number of hydrogen-bond donors (Lipinski definition) is 0. The monoisotopic (exact) mass is 1070 g/mol. The Hall–Kier alpha value is -2.20. The third-order valence-corrected chi connectivity index (χ3v) is 17.0. The molecule has 10 heteroatoms. The molecule has 1 aliphatic heterocycles. The summed E-state index contributed by atoms with van der Waals surface area (Å²) in [7, 11) is 0. The summed E-state index contributed by atoms with van der Waals surface area (Å²) in [6.07, 6.45) is 45.7. The van der Waals surface area contributed by atoms with E-state index in [0.29, 0.717) is 37.7 Å². The van der Waals surface area contributed by atoms with Crippen molar-refractivity contribution in [2.24, 2.45) is 17.8 Å². The number of carbonyl (C=O) groups excluding carboxylic acids is 4. The van der Waals surface area contributed by atoms with Crippen molar-refractivity contribution in [1.82, 2.24) is 0 Å². The zero-order chi connectivity index (χ0) is 54.5. The van der Waals surface area contributed by atoms with Crippen LogP contribution >= 0.6 is 0 Å². The minimum atomic E-state index is -1.20. The highest BCUT2D eigenvalue weighted by molar-refractivity contribution is 5.72. The Labute approximate surface area is 467 Å². The molecule has 1 saturated heterocycles. The number of unbranched alkanes of at least 4 members (excludes halogenated alkanes) is 32. The Bertz CT molecular complexity index is 1410. The molecule has 3 aliphatic rings. The third kappa shape index (κ3) is 33.4. The van der Waals surface area contributed by atoms with Crippen LogP contribution in [0.25, 0.3) is 0 Å². The van der Waals surface area contributed by atoms with E-state index in [-0.39, 0.29) is 38.3 Å². The third-order valence-electron chi connectivity index (χ3n) is 17.0. The summed E-state index contributed by atoms with van der Waals surface area (Å²) in [5.74, 6) is 0.221. The minimum Gasteiger partial charge on any atom is -0.463 e. The van der Waals surface area contributed by atoms with Crippen LogP contribution < -0.4 is 0 Å². The van der Waals surface area contributed by atoms with Gasteiger partial charge in [-0.05, 0) is 62.7 Å². The maximum absolute atomic E-state index is 14.1. The van der Waals surface area contributed by atoms with E-state index in [1.807, 2.05) is 0 Å². The number of carbonyl (C=O) groups is 4. The molecule has 2 saturated carbocycles. The van der Waals surface area contributed by atoms with Gasteiger partial charge in [-0.1, -0.05) is 265 Å². The van der Waals surface area contributed by atoms with Gasteiger partial charge in [-0.25, -0.2) is 0 Å². The van der Waals surface area contributed by atoms with Crippen molar-refractivity contribution in [1.29, 1.82) is 0 Å². The van der Waals surface area contributed by atoms with Crippen molar-refractivity contribution in [2.75, 3.05) is 13.2 Å². The largest absolute Gasteiger partial charge is 0.463 e. The number of ether oxygens (including phenoxy) is 6. The van der Waals surface area contributed by atoms with Crippen LogP contribution in [0.5, 0.6) is 0 Å². The molecule has 3 fully saturated rings. The molecule has 444 valence electrons. The zero-order valence-corrected chi connectivity index (χ0v) is 50.1. The normalized spacial score (nSPS) is 21.8. The van der Waals surface area contributed by atoms with Crippen molar-refractivity contribution in [3.63, 3.8) is 0 Å². The smallest absolute Gasteiger partial charge is 0.306 e. The first-order valence-electron chi connectivity index (χ1n) is 33.3. The lowest BCUT2D eigenvalue weighted by Crippen LogP contribution is -2.63. The summed E-state index contributed by atoms with van der Waals surface area (Å²) in [6, 6.07) is 0. The molecule has 0 radical (unpaired) electrons. The highest BCUT2D eigenvalue weighted by atomic mass is 16.7. The second-order valence-corrected chi connectivity index (χ2v) is 24.2. The molecule has 0 aromatic rings. The van der Waals surface area contributed by atoms with Crippen LogP contribution in [0.4, 0.5) is 0 Å². The molecular weight excluding hydrogens is 953 g/mol. The molecular formula is C66H120O10. The van der Waals surface area contributed by atoms with Gasteiger partial charge in [0.05, 0.1) is 6.61 Å². The molecule has 0 amide bonds. The zero-order valence-electron chi connectivity index (χ0n) is 50.1. The van der Waals surface area contributed by atoms with Gasteiger partial charge in [-0.2, -0.15) is 0 Å². The first-order chi connectivity index (χ1) is 37.3. The molecule has 1 heterocycles. The van der Waals surface area contributed by atoms with Gasteiger partial charge in [0.1, 0.15) is 12.7 Å². The summed E-state index contributed by atoms with van der Waals surface area (Å²) in [5.41, 5.74) is 0. The molecule has 2 unspecified atom stereocenters. The Morgan fingerprint density at radius 3 is 1.11 bits per heavy atom. The summed E-state index contributed by atoms with van der Waals surface area (Å²) in [5, 5.41) is 0. The van der Waals surface area contributed by atoms with Crippen molar-refractivity contribution >= 4 is 23.9 Å². The van der Waals surface area contributed by atoms with Gasteiger partial charge in [0.25, 0.3) is 0 Å². The molecule has 7 atom stereocenters. The first-order valence-corrected chi connectivity index (χ1v) is 33.3. The first kappa shape index (κ1) is 68.1. The van der Waals surface area contributed by atoms with Crippen LogP contribution in [0, 0.1) is 17.8 Å². The predicted octanol–water partition coefficient (Wildman–Crippen LogP) is 18.7. The quantitative estimate of drug-likeness (QED) is 0.0330. The van der Waals surface area contributed by atoms with Gasteiger partial charge in [0.15, 0.2) is 24.6 Å². The summed E-state index contributed by atoms with van der Waals surface area (Å²) in [4.78, 5) is 55.6. The summed E-state index contributed by atoms with van der Waals surface area (Å²) in [6.45, 7) is 9.15. The lowest BCUT2D eigenvalue weighted by molar-refractivity contribution is -0.310. The molecule has 2 aliphatic carbocycles. The summed E-state index contributed by atoms with van der Waals surface area (Å²) >= 11 is 0. The van der Waals surface area contributed by atoms with E-state index in [4.69, 9.17) is 28.4 Å². The Kier molecular flexibility index (Phi) is 41.7. The van der Waals surface area contributed by atoms with Crippen LogP contribution in [-0.2, 0) is 47.6 Å². The van der Waals surface area contributed by atoms with Gasteiger partial charge in [0, 0.05) is 25.7 Å². The van der Waals surface area contributed by atoms with Crippen LogP contribution in [0.15, 0.2) is 0 Å². The molecule has 0 N–H and O–H groups in total. The SMILES string of the molecule is CCCCCCCCCCCC(=O)OC[C@H]1O[C@@H](OCC2CCC(CC3CCCC3)C2)[C@H](OC(=O)CCCCCCCCCCC)[C@@H](OC(=O)CCCCCCCCCCC)[C@H]1OC(=O)CCCCCCCCCCC. The maximum atomic E-state index is 14.1. The standard InChI is InChI=1S/C66H120O10/c1-5-9-13-17-21-25-29-33-37-45-59(67)71-54-58-63(74-60(68)46-38-34-30-26-22-18-14-10-6-2)64(75-61(69)47-39-35-31-27-23-19-15-11-7-3)65(76-62(70)48-40-36-32-28-24-20-16-12-8-4)66(73-58)72-53-57-50-49-56(52-57)51-55-43-41-42-44-55/h55-58,63-66H,5-54H2,1-4H3/t56?,57?,58-,63+,64+,65-,66-/m1/s1.